The van der Waals surface area contributed by atoms with Gasteiger partial charge in [-0.1, -0.05) is 0 Å². The Kier molecular flexibility index (Phi) is 4.34. The second-order valence-electron chi connectivity index (χ2n) is 7.58. The van der Waals surface area contributed by atoms with Crippen molar-refractivity contribution in [3.63, 3.8) is 0 Å². The molecule has 25 heavy (non-hydrogen) atoms. The molecule has 7 nitrogen and oxygen atoms in total. The van der Waals surface area contributed by atoms with Gasteiger partial charge in [0.25, 0.3) is 0 Å². The summed E-state index contributed by atoms with van der Waals surface area (Å²) in [6.45, 7) is 8.42. The van der Waals surface area contributed by atoms with Crippen molar-refractivity contribution >= 4 is 0 Å². The molecule has 1 aromatic rings. The molecule has 3 saturated heterocycles. The monoisotopic (exact) mass is 351 g/mol. The third-order valence-corrected chi connectivity index (χ3v) is 4.55. The van der Waals surface area contributed by atoms with E-state index in [0.29, 0.717) is 13.2 Å². The first-order chi connectivity index (χ1) is 11.8. The Balaban J connectivity index is 1.44. The number of hydrogen-bond donors (Lipinski definition) is 0. The minimum atomic E-state index is -0.706. The Morgan fingerprint density at radius 3 is 2.32 bits per heavy atom. The first kappa shape index (κ1) is 17.3. The van der Waals surface area contributed by atoms with Gasteiger partial charge >= 0.3 is 0 Å². The van der Waals surface area contributed by atoms with Gasteiger partial charge in [-0.3, -0.25) is 4.98 Å². The Bertz CT molecular complexity index is 607. The van der Waals surface area contributed by atoms with E-state index in [1.165, 1.54) is 0 Å². The highest BCUT2D eigenvalue weighted by atomic mass is 16.9. The van der Waals surface area contributed by atoms with Gasteiger partial charge in [-0.25, -0.2) is 0 Å². The molecule has 3 aliphatic heterocycles. The summed E-state index contributed by atoms with van der Waals surface area (Å²) in [6.07, 6.45) is 1.92. The smallest absolute Gasteiger partial charge is 0.190 e. The van der Waals surface area contributed by atoms with E-state index in [2.05, 4.69) is 4.98 Å². The van der Waals surface area contributed by atoms with Gasteiger partial charge in [-0.2, -0.15) is 0 Å². The molecule has 0 spiro atoms. The van der Waals surface area contributed by atoms with Gasteiger partial charge in [0.05, 0.1) is 13.2 Å². The van der Waals surface area contributed by atoms with E-state index in [1.54, 1.807) is 12.4 Å². The molecule has 0 amide bonds. The van der Waals surface area contributed by atoms with Crippen LogP contribution in [0.3, 0.4) is 0 Å². The quantitative estimate of drug-likeness (QED) is 0.822. The Morgan fingerprint density at radius 2 is 1.56 bits per heavy atom. The van der Waals surface area contributed by atoms with Gasteiger partial charge in [-0.05, 0) is 45.4 Å². The molecule has 0 saturated carbocycles. The van der Waals surface area contributed by atoms with Gasteiger partial charge in [0.15, 0.2) is 17.9 Å². The molecule has 1 aromatic heterocycles. The Hall–Kier alpha value is -1.09. The van der Waals surface area contributed by atoms with Crippen molar-refractivity contribution in [1.82, 2.24) is 4.98 Å². The molecule has 0 bridgehead atoms. The summed E-state index contributed by atoms with van der Waals surface area (Å²) in [7, 11) is 0. The summed E-state index contributed by atoms with van der Waals surface area (Å²) < 4.78 is 36.0. The number of ether oxygens (including phenoxy) is 6. The minimum absolute atomic E-state index is 0.245. The number of aromatic nitrogens is 1. The summed E-state index contributed by atoms with van der Waals surface area (Å²) in [4.78, 5) is 4.01. The van der Waals surface area contributed by atoms with Crippen LogP contribution in [-0.2, 0) is 35.0 Å². The van der Waals surface area contributed by atoms with E-state index < -0.39 is 17.9 Å². The molecule has 0 aromatic carbocycles. The molecular formula is C18H25NO6. The summed E-state index contributed by atoms with van der Waals surface area (Å²) in [6, 6.07) is 3.85. The highest BCUT2D eigenvalue weighted by Crippen LogP contribution is 2.44. The molecule has 4 rings (SSSR count). The van der Waals surface area contributed by atoms with Crippen molar-refractivity contribution in [2.45, 2.75) is 76.6 Å². The number of pyridine rings is 1. The van der Waals surface area contributed by atoms with E-state index in [9.17, 15) is 0 Å². The number of fused-ring (bicyclic) bond motifs is 3. The molecule has 138 valence electrons. The zero-order chi connectivity index (χ0) is 17.7. The average molecular weight is 351 g/mol. The highest BCUT2D eigenvalue weighted by molar-refractivity contribution is 5.08. The molecule has 4 heterocycles. The number of rotatable bonds is 4. The van der Waals surface area contributed by atoms with Crippen LogP contribution in [0.1, 0.15) is 33.3 Å². The van der Waals surface area contributed by atoms with Crippen molar-refractivity contribution < 1.29 is 28.4 Å². The van der Waals surface area contributed by atoms with E-state index in [4.69, 9.17) is 28.4 Å². The fourth-order valence-electron chi connectivity index (χ4n) is 3.60. The van der Waals surface area contributed by atoms with Crippen LogP contribution in [0.4, 0.5) is 0 Å². The summed E-state index contributed by atoms with van der Waals surface area (Å²) in [5.74, 6) is -1.39. The maximum atomic E-state index is 6.10. The first-order valence-electron chi connectivity index (χ1n) is 8.66. The van der Waals surface area contributed by atoms with E-state index in [-0.39, 0.29) is 24.4 Å². The zero-order valence-corrected chi connectivity index (χ0v) is 15.0. The van der Waals surface area contributed by atoms with Crippen molar-refractivity contribution in [3.8, 4) is 0 Å². The van der Waals surface area contributed by atoms with Crippen LogP contribution in [0, 0.1) is 0 Å². The summed E-state index contributed by atoms with van der Waals surface area (Å²) >= 11 is 0. The molecule has 0 N–H and O–H groups in total. The molecule has 5 atom stereocenters. The third kappa shape index (κ3) is 3.58. The van der Waals surface area contributed by atoms with E-state index in [0.717, 1.165) is 5.56 Å². The van der Waals surface area contributed by atoms with Gasteiger partial charge < -0.3 is 28.4 Å². The normalized spacial score (nSPS) is 38.3. The lowest BCUT2D eigenvalue weighted by Gasteiger charge is -2.37. The zero-order valence-electron chi connectivity index (χ0n) is 15.0. The van der Waals surface area contributed by atoms with Crippen LogP contribution in [0.25, 0.3) is 0 Å². The van der Waals surface area contributed by atoms with Gasteiger partial charge in [0.1, 0.15) is 24.4 Å². The van der Waals surface area contributed by atoms with Crippen LogP contribution < -0.4 is 0 Å². The lowest BCUT2D eigenvalue weighted by atomic mass is 9.99. The van der Waals surface area contributed by atoms with Crippen LogP contribution in [0.15, 0.2) is 24.5 Å². The standard InChI is InChI=1S/C18H25NO6/c1-17(2)22-13-12(10-20-9-11-5-7-19-8-6-11)21-16-15(14(13)23-17)24-18(3,4)25-16/h5-8,12-16H,9-10H2,1-4H3/t12-,13-,14+,15-,16-/m1/s1. The van der Waals surface area contributed by atoms with Gasteiger partial charge in [0.2, 0.25) is 0 Å². The summed E-state index contributed by atoms with van der Waals surface area (Å²) in [5.41, 5.74) is 1.06. The fourth-order valence-corrected chi connectivity index (χ4v) is 3.60. The second kappa shape index (κ2) is 6.26. The first-order valence-corrected chi connectivity index (χ1v) is 8.66. The summed E-state index contributed by atoms with van der Waals surface area (Å²) in [5, 5.41) is 0. The predicted molar refractivity (Wildman–Crippen MR) is 86.4 cm³/mol. The predicted octanol–water partition coefficient (Wildman–Crippen LogP) is 1.99. The van der Waals surface area contributed by atoms with Crippen molar-refractivity contribution in [2.75, 3.05) is 6.61 Å². The maximum absolute atomic E-state index is 6.10. The fraction of sp³-hybridized carbons (Fsp3) is 0.722. The van der Waals surface area contributed by atoms with E-state index in [1.807, 2.05) is 39.8 Å². The number of nitrogens with zero attached hydrogens (tertiary/aromatic N) is 1. The molecule has 3 fully saturated rings. The number of hydrogen-bond acceptors (Lipinski definition) is 7. The van der Waals surface area contributed by atoms with Crippen LogP contribution in [-0.4, -0.2) is 53.9 Å². The largest absolute Gasteiger partial charge is 0.374 e. The molecule has 0 radical (unpaired) electrons. The van der Waals surface area contributed by atoms with E-state index >= 15 is 0 Å². The molecule has 3 aliphatic rings. The molecule has 0 aliphatic carbocycles. The molecule has 7 heteroatoms. The van der Waals surface area contributed by atoms with Crippen LogP contribution in [0.5, 0.6) is 0 Å². The Labute approximate surface area is 147 Å². The van der Waals surface area contributed by atoms with Crippen molar-refractivity contribution in [1.29, 1.82) is 0 Å². The van der Waals surface area contributed by atoms with Gasteiger partial charge in [-0.15, -0.1) is 0 Å². The third-order valence-electron chi connectivity index (χ3n) is 4.55. The molecule has 0 unspecified atom stereocenters. The lowest BCUT2D eigenvalue weighted by Crippen LogP contribution is -2.56. The molecular weight excluding hydrogens is 326 g/mol. The van der Waals surface area contributed by atoms with Gasteiger partial charge in [0, 0.05) is 12.4 Å². The van der Waals surface area contributed by atoms with Crippen LogP contribution in [0.2, 0.25) is 0 Å². The van der Waals surface area contributed by atoms with Crippen LogP contribution >= 0.6 is 0 Å². The van der Waals surface area contributed by atoms with Crippen molar-refractivity contribution in [3.05, 3.63) is 30.1 Å². The highest BCUT2D eigenvalue weighted by Gasteiger charge is 2.60. The SMILES string of the molecule is CC1(C)O[C@H]2O[C@H](COCc3ccncc3)[C@H]3OC(C)(C)O[C@@H]3[C@H]2O1. The average Bonchev–Trinajstić information content (AvgIpc) is 3.03. The topological polar surface area (TPSA) is 68.3 Å². The lowest BCUT2D eigenvalue weighted by molar-refractivity contribution is -0.243. The maximum Gasteiger partial charge on any atom is 0.190 e. The Morgan fingerprint density at radius 1 is 0.920 bits per heavy atom. The van der Waals surface area contributed by atoms with Crippen molar-refractivity contribution in [2.24, 2.45) is 0 Å². The second-order valence-corrected chi connectivity index (χ2v) is 7.58. The minimum Gasteiger partial charge on any atom is -0.374 e.